The second-order valence-corrected chi connectivity index (χ2v) is 9.16. The molecule has 1 aliphatic heterocycles. The van der Waals surface area contributed by atoms with Gasteiger partial charge >= 0.3 is 5.97 Å². The molecule has 4 rings (SSSR count). The van der Waals surface area contributed by atoms with Gasteiger partial charge in [0.1, 0.15) is 6.10 Å². The van der Waals surface area contributed by atoms with E-state index in [4.69, 9.17) is 4.74 Å². The van der Waals surface area contributed by atoms with Crippen molar-refractivity contribution in [1.82, 2.24) is 9.88 Å². The van der Waals surface area contributed by atoms with Crippen LogP contribution in [0.1, 0.15) is 51.6 Å². The minimum Gasteiger partial charge on any atom is -0.462 e. The lowest BCUT2D eigenvalue weighted by Crippen LogP contribution is -2.41. The third-order valence-corrected chi connectivity index (χ3v) is 7.16. The zero-order valence-electron chi connectivity index (χ0n) is 16.9. The van der Waals surface area contributed by atoms with Gasteiger partial charge < -0.3 is 9.64 Å². The lowest BCUT2D eigenvalue weighted by atomic mass is 9.59. The van der Waals surface area contributed by atoms with Gasteiger partial charge in [0, 0.05) is 37.3 Å². The highest BCUT2D eigenvalue weighted by Gasteiger charge is 2.52. The minimum absolute atomic E-state index is 0.00973. The van der Waals surface area contributed by atoms with Crippen molar-refractivity contribution in [2.75, 3.05) is 20.1 Å². The summed E-state index contributed by atoms with van der Waals surface area (Å²) in [5.41, 5.74) is 4.56. The number of likely N-dealkylation sites (N-methyl/N-ethyl adjacent to an activating group) is 1. The third kappa shape index (κ3) is 3.69. The molecule has 1 saturated carbocycles. The first-order valence-electron chi connectivity index (χ1n) is 10.4. The van der Waals surface area contributed by atoms with Crippen LogP contribution in [0.25, 0.3) is 0 Å². The standard InChI is InChI=1S/C23H32N2O2/c1-16-7-6-10-23(2)14-21-18(13-20(16)23)19(22(26)27-21)15-25(3)12-9-17-8-4-5-11-24-17/h4-5,8,11,18-19,21H,6-7,9-10,12-15H2,1-3H3/t18-,19?,21-,23-/m1/s1. The number of carbonyl (C=O) groups excluding carboxylic acids is 1. The first kappa shape index (κ1) is 18.7. The number of carbonyl (C=O) groups is 1. The molecule has 1 aromatic heterocycles. The zero-order chi connectivity index (χ0) is 19.0. The van der Waals surface area contributed by atoms with Gasteiger partial charge in [0.05, 0.1) is 5.92 Å². The number of aromatic nitrogens is 1. The molecular formula is C23H32N2O2. The van der Waals surface area contributed by atoms with Gasteiger partial charge in [-0.15, -0.1) is 0 Å². The topological polar surface area (TPSA) is 42.4 Å². The molecule has 0 amide bonds. The number of hydrogen-bond donors (Lipinski definition) is 0. The summed E-state index contributed by atoms with van der Waals surface area (Å²) in [6, 6.07) is 6.04. The Hall–Kier alpha value is -1.68. The zero-order valence-corrected chi connectivity index (χ0v) is 16.9. The van der Waals surface area contributed by atoms with Crippen LogP contribution in [-0.2, 0) is 16.0 Å². The number of fused-ring (bicyclic) bond motifs is 2. The predicted octanol–water partition coefficient (Wildman–Crippen LogP) is 4.01. The van der Waals surface area contributed by atoms with Gasteiger partial charge in [0.2, 0.25) is 0 Å². The van der Waals surface area contributed by atoms with Crippen molar-refractivity contribution in [3.8, 4) is 0 Å². The molecular weight excluding hydrogens is 336 g/mol. The molecule has 0 bridgehead atoms. The van der Waals surface area contributed by atoms with Crippen molar-refractivity contribution in [3.05, 3.63) is 41.2 Å². The lowest BCUT2D eigenvalue weighted by Gasteiger charge is -2.45. The Morgan fingerprint density at radius 1 is 1.37 bits per heavy atom. The van der Waals surface area contributed by atoms with E-state index in [-0.39, 0.29) is 23.4 Å². The van der Waals surface area contributed by atoms with E-state index in [0.717, 1.165) is 38.0 Å². The van der Waals surface area contributed by atoms with E-state index in [9.17, 15) is 4.79 Å². The van der Waals surface area contributed by atoms with Crippen LogP contribution < -0.4 is 0 Å². The number of hydrogen-bond acceptors (Lipinski definition) is 4. The van der Waals surface area contributed by atoms with Gasteiger partial charge in [-0.05, 0) is 63.6 Å². The fourth-order valence-corrected chi connectivity index (χ4v) is 5.60. The first-order chi connectivity index (χ1) is 13.0. The Balaban J connectivity index is 1.42. The largest absolute Gasteiger partial charge is 0.462 e. The fraction of sp³-hybridized carbons (Fsp3) is 0.652. The van der Waals surface area contributed by atoms with Crippen LogP contribution in [0.3, 0.4) is 0 Å². The number of rotatable bonds is 5. The Bertz CT molecular complexity index is 729. The van der Waals surface area contributed by atoms with Crippen LogP contribution in [0.5, 0.6) is 0 Å². The summed E-state index contributed by atoms with van der Waals surface area (Å²) in [6.07, 6.45) is 8.69. The maximum atomic E-state index is 12.7. The lowest BCUT2D eigenvalue weighted by molar-refractivity contribution is -0.145. The van der Waals surface area contributed by atoms with Crippen molar-refractivity contribution in [3.63, 3.8) is 0 Å². The van der Waals surface area contributed by atoms with Crippen molar-refractivity contribution in [2.24, 2.45) is 17.3 Å². The molecule has 4 nitrogen and oxygen atoms in total. The quantitative estimate of drug-likeness (QED) is 0.582. The van der Waals surface area contributed by atoms with E-state index < -0.39 is 0 Å². The normalized spacial score (nSPS) is 33.0. The van der Waals surface area contributed by atoms with Crippen molar-refractivity contribution >= 4 is 5.97 Å². The molecule has 2 aliphatic carbocycles. The fourth-order valence-electron chi connectivity index (χ4n) is 5.60. The smallest absolute Gasteiger partial charge is 0.310 e. The van der Waals surface area contributed by atoms with Crippen molar-refractivity contribution in [1.29, 1.82) is 0 Å². The van der Waals surface area contributed by atoms with Crippen LogP contribution >= 0.6 is 0 Å². The second kappa shape index (κ2) is 7.38. The Morgan fingerprint density at radius 2 is 2.22 bits per heavy atom. The van der Waals surface area contributed by atoms with Gasteiger partial charge in [-0.3, -0.25) is 9.78 Å². The average molecular weight is 369 g/mol. The van der Waals surface area contributed by atoms with Crippen molar-refractivity contribution in [2.45, 2.75) is 58.5 Å². The molecule has 0 aromatic carbocycles. The van der Waals surface area contributed by atoms with Gasteiger partial charge in [-0.1, -0.05) is 24.1 Å². The molecule has 146 valence electrons. The molecule has 3 aliphatic rings. The van der Waals surface area contributed by atoms with E-state index >= 15 is 0 Å². The number of nitrogens with zero attached hydrogens (tertiary/aromatic N) is 2. The molecule has 2 heterocycles. The summed E-state index contributed by atoms with van der Waals surface area (Å²) in [5, 5.41) is 0. The SMILES string of the molecule is CC1=C2C[C@@H]3C(CN(C)CCc4ccccn4)C(=O)O[C@@H]3C[C@@]2(C)CCC1. The van der Waals surface area contributed by atoms with E-state index in [1.54, 1.807) is 11.1 Å². The maximum absolute atomic E-state index is 12.7. The number of esters is 1. The Kier molecular flexibility index (Phi) is 5.11. The van der Waals surface area contributed by atoms with E-state index in [2.05, 4.69) is 36.8 Å². The van der Waals surface area contributed by atoms with E-state index in [0.29, 0.717) is 5.92 Å². The van der Waals surface area contributed by atoms with Gasteiger partial charge in [0.25, 0.3) is 0 Å². The molecule has 27 heavy (non-hydrogen) atoms. The summed E-state index contributed by atoms with van der Waals surface area (Å²) in [6.45, 7) is 6.40. The average Bonchev–Trinajstić information content (AvgIpc) is 2.93. The predicted molar refractivity (Wildman–Crippen MR) is 106 cm³/mol. The summed E-state index contributed by atoms with van der Waals surface area (Å²) >= 11 is 0. The van der Waals surface area contributed by atoms with Crippen LogP contribution in [0.15, 0.2) is 35.5 Å². The summed E-state index contributed by atoms with van der Waals surface area (Å²) in [4.78, 5) is 19.3. The number of ether oxygens (including phenoxy) is 1. The molecule has 0 N–H and O–H groups in total. The molecule has 2 fully saturated rings. The molecule has 0 spiro atoms. The number of pyridine rings is 1. The third-order valence-electron chi connectivity index (χ3n) is 7.16. The van der Waals surface area contributed by atoms with Gasteiger partial charge in [0.15, 0.2) is 0 Å². The number of allylic oxidation sites excluding steroid dienone is 2. The molecule has 0 radical (unpaired) electrons. The highest BCUT2D eigenvalue weighted by Crippen LogP contribution is 2.55. The monoisotopic (exact) mass is 368 g/mol. The van der Waals surface area contributed by atoms with Crippen LogP contribution in [0.4, 0.5) is 0 Å². The van der Waals surface area contributed by atoms with Gasteiger partial charge in [-0.2, -0.15) is 0 Å². The summed E-state index contributed by atoms with van der Waals surface area (Å²) in [7, 11) is 2.11. The second-order valence-electron chi connectivity index (χ2n) is 9.16. The molecule has 1 saturated heterocycles. The van der Waals surface area contributed by atoms with Crippen LogP contribution in [0, 0.1) is 17.3 Å². The highest BCUT2D eigenvalue weighted by atomic mass is 16.6. The maximum Gasteiger partial charge on any atom is 0.310 e. The summed E-state index contributed by atoms with van der Waals surface area (Å²) < 4.78 is 5.89. The van der Waals surface area contributed by atoms with Crippen LogP contribution in [0.2, 0.25) is 0 Å². The van der Waals surface area contributed by atoms with Crippen molar-refractivity contribution < 1.29 is 9.53 Å². The molecule has 4 heteroatoms. The molecule has 1 aromatic rings. The highest BCUT2D eigenvalue weighted by molar-refractivity contribution is 5.76. The van der Waals surface area contributed by atoms with E-state index in [1.165, 1.54) is 19.3 Å². The molecule has 1 unspecified atom stereocenters. The van der Waals surface area contributed by atoms with Gasteiger partial charge in [-0.25, -0.2) is 0 Å². The van der Waals surface area contributed by atoms with E-state index in [1.807, 2.05) is 18.3 Å². The minimum atomic E-state index is 0.00973. The Morgan fingerprint density at radius 3 is 3.00 bits per heavy atom. The van der Waals surface area contributed by atoms with Crippen LogP contribution in [-0.4, -0.2) is 42.1 Å². The Labute approximate surface area is 163 Å². The first-order valence-corrected chi connectivity index (χ1v) is 10.4. The summed E-state index contributed by atoms with van der Waals surface area (Å²) in [5.74, 6) is 0.386. The molecule has 4 atom stereocenters.